The number of fused-ring (bicyclic) bond motifs is 2. The molecule has 3 aromatic carbocycles. The Labute approximate surface area is 349 Å². The first kappa shape index (κ1) is 47.2. The minimum Gasteiger partial charge on any atom is -0.493 e. The number of carboxylic acids is 1. The quantitative estimate of drug-likeness (QED) is 0.0627. The number of nitrogens with zero attached hydrogens (tertiary/aromatic N) is 3. The van der Waals surface area contributed by atoms with Gasteiger partial charge in [0.05, 0.1) is 37.2 Å². The minimum atomic E-state index is -0.845. The smallest absolute Gasteiger partial charge is 0.303 e. The van der Waals surface area contributed by atoms with E-state index in [0.29, 0.717) is 53.6 Å². The van der Waals surface area contributed by atoms with Crippen molar-refractivity contribution in [1.29, 1.82) is 0 Å². The summed E-state index contributed by atoms with van der Waals surface area (Å²) in [6, 6.07) is 14.9. The predicted molar refractivity (Wildman–Crippen MR) is 234 cm³/mol. The average molecular weight is 807 g/mol. The number of rotatable bonds is 16. The molecule has 2 aliphatic heterocycles. The summed E-state index contributed by atoms with van der Waals surface area (Å²) in [4.78, 5) is 43.8. The monoisotopic (exact) mass is 806 g/mol. The Hall–Kier alpha value is -6.19. The fourth-order valence-corrected chi connectivity index (χ4v) is 6.31. The molecule has 2 atom stereocenters. The van der Waals surface area contributed by atoms with Crippen molar-refractivity contribution in [3.05, 3.63) is 94.1 Å². The molecule has 0 saturated carbocycles. The molecule has 2 unspecified atom stereocenters. The van der Waals surface area contributed by atoms with Crippen LogP contribution in [-0.4, -0.2) is 81.0 Å². The van der Waals surface area contributed by atoms with Crippen molar-refractivity contribution in [2.75, 3.05) is 27.8 Å². The van der Waals surface area contributed by atoms with Gasteiger partial charge < -0.3 is 39.1 Å². The van der Waals surface area contributed by atoms with Gasteiger partial charge in [-0.15, -0.1) is 0 Å². The van der Waals surface area contributed by atoms with Crippen LogP contribution in [0.5, 0.6) is 23.0 Å². The molecule has 0 bridgehead atoms. The van der Waals surface area contributed by atoms with Crippen molar-refractivity contribution in [2.45, 2.75) is 92.0 Å². The second-order valence-electron chi connectivity index (χ2n) is 13.5. The first-order chi connectivity index (χ1) is 28.6. The van der Waals surface area contributed by atoms with E-state index < -0.39 is 5.97 Å². The van der Waals surface area contributed by atoms with Gasteiger partial charge >= 0.3 is 5.97 Å². The summed E-state index contributed by atoms with van der Waals surface area (Å²) in [7, 11) is 5.06. The third-order valence-corrected chi connectivity index (χ3v) is 9.53. The van der Waals surface area contributed by atoms with Crippen LogP contribution in [0.1, 0.15) is 93.8 Å². The number of amides is 1. The summed E-state index contributed by atoms with van der Waals surface area (Å²) in [5.74, 6) is 7.34. The second kappa shape index (κ2) is 24.6. The highest BCUT2D eigenvalue weighted by molar-refractivity contribution is 6.04. The Morgan fingerprint density at radius 2 is 1.69 bits per heavy atom. The van der Waals surface area contributed by atoms with Gasteiger partial charge in [0.2, 0.25) is 0 Å². The third kappa shape index (κ3) is 13.7. The van der Waals surface area contributed by atoms with E-state index in [1.807, 2.05) is 95.3 Å². The molecule has 0 spiro atoms. The second-order valence-corrected chi connectivity index (χ2v) is 13.5. The molecule has 12 nitrogen and oxygen atoms in total. The van der Waals surface area contributed by atoms with E-state index in [1.165, 1.54) is 11.1 Å². The number of ether oxygens (including phenoxy) is 4. The Morgan fingerprint density at radius 1 is 1.02 bits per heavy atom. The molecule has 59 heavy (non-hydrogen) atoms. The lowest BCUT2D eigenvalue weighted by Gasteiger charge is -2.20. The zero-order valence-corrected chi connectivity index (χ0v) is 35.6. The van der Waals surface area contributed by atoms with E-state index in [9.17, 15) is 9.59 Å². The molecular formula is C47H58N4O8. The van der Waals surface area contributed by atoms with Crippen molar-refractivity contribution in [3.8, 4) is 34.8 Å². The van der Waals surface area contributed by atoms with Crippen LogP contribution >= 0.6 is 0 Å². The summed E-state index contributed by atoms with van der Waals surface area (Å²) in [5.41, 5.74) is 6.61. The molecule has 314 valence electrons. The van der Waals surface area contributed by atoms with Crippen LogP contribution in [-0.2, 0) is 22.8 Å². The molecule has 2 N–H and O–H groups in total. The molecule has 12 heteroatoms. The molecular weight excluding hydrogens is 749 g/mol. The number of nitrogens with one attached hydrogen (secondary N) is 1. The zero-order valence-electron chi connectivity index (χ0n) is 35.6. The minimum absolute atomic E-state index is 0.0609. The van der Waals surface area contributed by atoms with Crippen LogP contribution in [0.25, 0.3) is 0 Å². The van der Waals surface area contributed by atoms with Crippen LogP contribution in [0.2, 0.25) is 0 Å². The van der Waals surface area contributed by atoms with Crippen molar-refractivity contribution >= 4 is 42.5 Å². The molecule has 0 aromatic heterocycles. The summed E-state index contributed by atoms with van der Waals surface area (Å²) in [6.07, 6.45) is 10.5. The van der Waals surface area contributed by atoms with Gasteiger partial charge in [0.1, 0.15) is 20.0 Å². The van der Waals surface area contributed by atoms with E-state index in [-0.39, 0.29) is 37.6 Å². The Bertz CT molecular complexity index is 2080. The van der Waals surface area contributed by atoms with Crippen molar-refractivity contribution in [3.63, 3.8) is 0 Å². The molecule has 5 rings (SSSR count). The molecule has 0 radical (unpaired) electrons. The maximum atomic E-state index is 13.6. The largest absolute Gasteiger partial charge is 0.493 e. The first-order valence-corrected chi connectivity index (χ1v) is 19.7. The number of hydrogen-bond donors (Lipinski definition) is 2. The molecule has 2 heterocycles. The lowest BCUT2D eigenvalue weighted by molar-refractivity contribution is -0.137. The van der Waals surface area contributed by atoms with Gasteiger partial charge in [-0.2, -0.15) is 0 Å². The van der Waals surface area contributed by atoms with Gasteiger partial charge in [-0.1, -0.05) is 49.0 Å². The summed E-state index contributed by atoms with van der Waals surface area (Å²) in [5, 5.41) is 12.3. The highest BCUT2D eigenvalue weighted by Gasteiger charge is 2.34. The van der Waals surface area contributed by atoms with Crippen molar-refractivity contribution < 1.29 is 38.4 Å². The topological polar surface area (TPSA) is 148 Å². The number of methoxy groups -OCH3 is 2. The van der Waals surface area contributed by atoms with E-state index in [0.717, 1.165) is 35.2 Å². The van der Waals surface area contributed by atoms with Crippen LogP contribution in [0.4, 0.5) is 11.4 Å². The Kier molecular flexibility index (Phi) is 19.6. The first-order valence-electron chi connectivity index (χ1n) is 19.7. The molecule has 0 aliphatic carbocycles. The molecule has 1 saturated heterocycles. The van der Waals surface area contributed by atoms with Gasteiger partial charge in [-0.3, -0.25) is 19.6 Å². The third-order valence-electron chi connectivity index (χ3n) is 9.53. The number of carboxylic acid groups (broad SMARTS) is 1. The highest BCUT2D eigenvalue weighted by Crippen LogP contribution is 2.39. The number of benzene rings is 3. The number of aliphatic imine (C=N–C) groups is 2. The van der Waals surface area contributed by atoms with E-state index in [1.54, 1.807) is 26.4 Å². The standard InChI is InChI=1S/C44H50N4O7.C2H6.CH2O/c1-7-29(3)16-35(45-4)24-46-34-14-15-39(52-5)41(21-34)54-27-32-17-31(12-10-9-11-13-43(49)50)18-33(19-32)28-55-42-23-38-37(22-40(42)53-6)44(51)48-26-30(8-2)20-36(48)25-47-38;2*1-2/h7-8,14-15,17-19,21-25,35-36,45H,9,11,13,16,20,26-28H2,1-6H3,(H,49,50);1-2H3;1H2/b29-7-,30-8+,46-24?;;. The van der Waals surface area contributed by atoms with E-state index in [4.69, 9.17) is 38.8 Å². The maximum absolute atomic E-state index is 13.6. The van der Waals surface area contributed by atoms with Gasteiger partial charge in [0, 0.05) is 55.6 Å². The molecule has 2 aliphatic rings. The zero-order chi connectivity index (χ0) is 43.3. The van der Waals surface area contributed by atoms with Crippen LogP contribution in [0.3, 0.4) is 0 Å². The van der Waals surface area contributed by atoms with Crippen LogP contribution in [0.15, 0.2) is 81.8 Å². The van der Waals surface area contributed by atoms with Gasteiger partial charge in [-0.05, 0) is 94.6 Å². The predicted octanol–water partition coefficient (Wildman–Crippen LogP) is 8.83. The fraction of sp³-hybridized carbons (Fsp3) is 0.383. The summed E-state index contributed by atoms with van der Waals surface area (Å²) in [6.45, 7) is 13.1. The van der Waals surface area contributed by atoms with Crippen molar-refractivity contribution in [2.24, 2.45) is 9.98 Å². The number of allylic oxidation sites excluding steroid dienone is 2. The van der Waals surface area contributed by atoms with E-state index >= 15 is 0 Å². The fourth-order valence-electron chi connectivity index (χ4n) is 6.31. The molecule has 3 aromatic rings. The molecule has 1 amide bonds. The van der Waals surface area contributed by atoms with Gasteiger partial charge in [-0.25, -0.2) is 0 Å². The number of aliphatic carboxylic acids is 1. The maximum Gasteiger partial charge on any atom is 0.303 e. The average Bonchev–Trinajstić information content (AvgIpc) is 3.64. The van der Waals surface area contributed by atoms with E-state index in [2.05, 4.69) is 36.2 Å². The summed E-state index contributed by atoms with van der Waals surface area (Å²) < 4.78 is 24.0. The SMILES string of the molecule is C/C=C(/C)CC(C=Nc1ccc(OC)c(OCc2cc(C#CCCCC(=O)O)cc(COc3cc4c(cc3OC)C(=O)N3C/C(=C/C)CC3C=N4)c2)c1)NC.C=O.CC. The number of unbranched alkanes of at least 4 members (excludes halogenated alkanes) is 1. The number of carbonyl (C=O) groups is 3. The van der Waals surface area contributed by atoms with Crippen LogP contribution in [0, 0.1) is 11.8 Å². The lowest BCUT2D eigenvalue weighted by atomic mass is 10.1. The number of hydrogen-bond acceptors (Lipinski definition) is 10. The lowest BCUT2D eigenvalue weighted by Crippen LogP contribution is -2.35. The molecule has 1 fully saturated rings. The Balaban J connectivity index is 0.00000225. The number of carbonyl (C=O) groups excluding carboxylic acids is 2. The van der Waals surface area contributed by atoms with Crippen LogP contribution < -0.4 is 24.3 Å². The van der Waals surface area contributed by atoms with Crippen molar-refractivity contribution in [1.82, 2.24) is 10.2 Å². The summed E-state index contributed by atoms with van der Waals surface area (Å²) >= 11 is 0. The highest BCUT2D eigenvalue weighted by atomic mass is 16.5. The van der Waals surface area contributed by atoms with Gasteiger partial charge in [0.25, 0.3) is 5.91 Å². The normalized spacial score (nSPS) is 15.4. The Morgan fingerprint density at radius 3 is 2.31 bits per heavy atom. The van der Waals surface area contributed by atoms with Gasteiger partial charge in [0.15, 0.2) is 23.0 Å².